The number of ether oxygens (including phenoxy) is 4. The van der Waals surface area contributed by atoms with E-state index in [1.165, 1.54) is 122 Å². The highest BCUT2D eigenvalue weighted by molar-refractivity contribution is 6.46. The van der Waals surface area contributed by atoms with E-state index in [0.29, 0.717) is 25.8 Å². The molecule has 0 aromatic heterocycles. The summed E-state index contributed by atoms with van der Waals surface area (Å²) in [6.45, 7) is 30.1. The van der Waals surface area contributed by atoms with Gasteiger partial charge in [-0.2, -0.15) is 0 Å². The van der Waals surface area contributed by atoms with Crippen LogP contribution in [-0.2, 0) is 57.3 Å². The van der Waals surface area contributed by atoms with Gasteiger partial charge in [-0.05, 0) is 203 Å². The lowest BCUT2D eigenvalue weighted by Crippen LogP contribution is -2.52. The molecule has 0 aliphatic carbocycles. The Balaban J connectivity index is -0.00000223. The van der Waals surface area contributed by atoms with Gasteiger partial charge in [0.1, 0.15) is 6.10 Å². The SMILES string of the molecule is CC(=O)O.CCCCCCCCCCCCCC(=O)NCCCCCCC(CN(CCCCN(CCCN(C)B(C)O)B(C)O)B(C)O)CN(CCCCN(CCCN(C)B(C)O)B(C)O)B(C)O.CCCCCCCCCCCCNC(=O)CCCCCCCCCCCNC(=O)[C@H](OC(C)=O)[C@@H](OC(C)=O)[C@@H](CCOC(C)=O)OC(C)=O. The Hall–Kier alpha value is -4.33. The molecule has 0 saturated heterocycles. The van der Waals surface area contributed by atoms with Crippen LogP contribution in [-0.4, -0.2) is 278 Å². The molecule has 28 nitrogen and oxygen atoms in total. The van der Waals surface area contributed by atoms with Crippen molar-refractivity contribution < 1.29 is 92.6 Å². The molecule has 0 spiro atoms. The minimum atomic E-state index is -1.58. The van der Waals surface area contributed by atoms with Crippen LogP contribution in [0.3, 0.4) is 0 Å². The van der Waals surface area contributed by atoms with Crippen LogP contribution < -0.4 is 16.0 Å². The maximum Gasteiger partial charge on any atom is 0.376 e. The van der Waals surface area contributed by atoms with Crippen molar-refractivity contribution in [3.05, 3.63) is 0 Å². The molecule has 0 heterocycles. The van der Waals surface area contributed by atoms with E-state index in [2.05, 4.69) is 49.0 Å². The number of carboxylic acid groups (broad SMARTS) is 1. The number of nitrogens with one attached hydrogen (secondary N) is 3. The van der Waals surface area contributed by atoms with Crippen LogP contribution >= 0.6 is 0 Å². The zero-order valence-electron chi connectivity index (χ0n) is 78.0. The van der Waals surface area contributed by atoms with Crippen molar-refractivity contribution in [3.63, 3.8) is 0 Å². The Morgan fingerprint density at radius 2 is 0.622 bits per heavy atom. The van der Waals surface area contributed by atoms with Crippen LogP contribution in [0.5, 0.6) is 0 Å². The molecule has 0 aromatic carbocycles. The molecule has 0 unspecified atom stereocenters. The average Bonchev–Trinajstić information content (AvgIpc) is 0.838. The predicted molar refractivity (Wildman–Crippen MR) is 488 cm³/mol. The summed E-state index contributed by atoms with van der Waals surface area (Å²) in [5.74, 6) is -3.77. The smallest absolute Gasteiger partial charge is 0.376 e. The first-order chi connectivity index (χ1) is 56.7. The first kappa shape index (κ1) is 119. The lowest BCUT2D eigenvalue weighted by atomic mass is 9.80. The first-order valence-corrected chi connectivity index (χ1v) is 46.8. The summed E-state index contributed by atoms with van der Waals surface area (Å²) >= 11 is 0. The molecular formula is C85H175B6N9O19. The van der Waals surface area contributed by atoms with Crippen molar-refractivity contribution in [2.24, 2.45) is 5.92 Å². The number of esters is 4. The first-order valence-electron chi connectivity index (χ1n) is 46.8. The summed E-state index contributed by atoms with van der Waals surface area (Å²) in [6.07, 6.45) is 43.3. The van der Waals surface area contributed by atoms with Gasteiger partial charge in [0.15, 0.2) is 6.10 Å². The van der Waals surface area contributed by atoms with Gasteiger partial charge in [-0.25, -0.2) is 0 Å². The molecule has 692 valence electrons. The highest BCUT2D eigenvalue weighted by Crippen LogP contribution is 2.22. The molecule has 0 aromatic rings. The number of carbonyl (C=O) groups is 8. The van der Waals surface area contributed by atoms with Crippen LogP contribution in [0.4, 0.5) is 0 Å². The lowest BCUT2D eigenvalue weighted by Gasteiger charge is -2.33. The van der Waals surface area contributed by atoms with Crippen LogP contribution in [0, 0.1) is 5.92 Å². The van der Waals surface area contributed by atoms with Gasteiger partial charge in [0.25, 0.3) is 11.9 Å². The van der Waals surface area contributed by atoms with E-state index in [4.69, 9.17) is 28.8 Å². The average molecular weight is 1690 g/mol. The number of rotatable bonds is 79. The third-order valence-electron chi connectivity index (χ3n) is 21.7. The number of nitrogens with zero attached hydrogens (tertiary/aromatic N) is 6. The van der Waals surface area contributed by atoms with Gasteiger partial charge in [-0.1, -0.05) is 200 Å². The molecule has 0 aliphatic rings. The van der Waals surface area contributed by atoms with Crippen LogP contribution in [0.15, 0.2) is 0 Å². The standard InChI is InChI=1S/C45H103B6N7O7.C38H68N2O10.C2H4O2/c1-10-11-12-13-14-15-16-17-18-19-23-32-45(59)52-33-24-21-20-22-31-44(42-57(50(6)64)38-27-25-36-55(48(4)62)40-29-34-53(8)46(2)60)43-58(51(7)65)39-28-26-37-56(49(5)63)41-30-35-54(9)47(3)61;1-6-7-8-9-10-11-14-17-20-23-27-39-35(45)25-22-19-16-13-12-15-18-21-24-28-40-38(46)37(50-33(5)44)36(49-32(4)43)34(48-31(3)42)26-29-47-30(2)41;1-2(3)4/h44,60-65H,10-43H2,1-9H3,(H,52,59);34,36-37H,6-29H2,1-5H3,(H,39,45)(H,40,46);1H3,(H,3,4)/t;34-,36+,37-;/m.1./s1. The number of hydrogen-bond donors (Lipinski definition) is 10. The third kappa shape index (κ3) is 78.2. The summed E-state index contributed by atoms with van der Waals surface area (Å²) in [5.41, 5.74) is 0. The molecule has 3 amide bonds. The number of carboxylic acids is 1. The number of hydrogen-bond acceptors (Lipinski definition) is 24. The Morgan fingerprint density at radius 3 is 0.933 bits per heavy atom. The molecule has 0 bridgehead atoms. The van der Waals surface area contributed by atoms with Crippen molar-refractivity contribution in [1.82, 2.24) is 44.8 Å². The second kappa shape index (κ2) is 82.0. The topological polar surface area (TPSA) is 371 Å². The Bertz CT molecular complexity index is 2410. The second-order valence-corrected chi connectivity index (χ2v) is 33.3. The zero-order valence-corrected chi connectivity index (χ0v) is 78.0. The number of aliphatic carboxylic acids is 1. The van der Waals surface area contributed by atoms with Crippen molar-refractivity contribution in [1.29, 1.82) is 0 Å². The molecule has 34 heteroatoms. The Morgan fingerprint density at radius 1 is 0.328 bits per heavy atom. The fourth-order valence-electron chi connectivity index (χ4n) is 14.3. The molecule has 3 atom stereocenters. The van der Waals surface area contributed by atoms with Gasteiger partial charge in [0.2, 0.25) is 17.9 Å². The quantitative estimate of drug-likeness (QED) is 0.0117. The van der Waals surface area contributed by atoms with E-state index >= 15 is 0 Å². The van der Waals surface area contributed by atoms with Gasteiger partial charge in [0.05, 0.1) is 6.61 Å². The maximum atomic E-state index is 13.1. The Kier molecular flexibility index (Phi) is 81.9. The van der Waals surface area contributed by atoms with E-state index in [9.17, 15) is 63.7 Å². The lowest BCUT2D eigenvalue weighted by molar-refractivity contribution is -0.187. The van der Waals surface area contributed by atoms with Crippen LogP contribution in [0.1, 0.15) is 331 Å². The molecule has 0 saturated carbocycles. The monoisotopic (exact) mass is 1690 g/mol. The van der Waals surface area contributed by atoms with Gasteiger partial charge in [-0.15, -0.1) is 0 Å². The zero-order chi connectivity index (χ0) is 89.8. The normalized spacial score (nSPS) is 12.1. The minimum absolute atomic E-state index is 0.0864. The summed E-state index contributed by atoms with van der Waals surface area (Å²) in [4.78, 5) is 106. The van der Waals surface area contributed by atoms with Gasteiger partial charge < -0.3 is 99.0 Å². The van der Waals surface area contributed by atoms with Crippen molar-refractivity contribution in [2.45, 2.75) is 390 Å². The van der Waals surface area contributed by atoms with E-state index in [1.807, 2.05) is 37.4 Å². The van der Waals surface area contributed by atoms with Gasteiger partial charge in [0, 0.05) is 73.5 Å². The summed E-state index contributed by atoms with van der Waals surface area (Å²) in [5, 5.41) is 78.8. The van der Waals surface area contributed by atoms with Crippen LogP contribution in [0.2, 0.25) is 40.9 Å². The van der Waals surface area contributed by atoms with Gasteiger partial charge in [-0.3, -0.25) is 38.4 Å². The molecule has 0 radical (unpaired) electrons. The summed E-state index contributed by atoms with van der Waals surface area (Å²) in [7, 11) is 0.479. The van der Waals surface area contributed by atoms with Crippen molar-refractivity contribution in [3.8, 4) is 0 Å². The van der Waals surface area contributed by atoms with E-state index in [0.717, 1.165) is 247 Å². The maximum absolute atomic E-state index is 13.1. The Labute approximate surface area is 725 Å². The van der Waals surface area contributed by atoms with Crippen LogP contribution in [0.25, 0.3) is 0 Å². The number of unbranched alkanes of at least 4 members (excludes halogenated alkanes) is 32. The minimum Gasteiger partial charge on any atom is -0.481 e. The highest BCUT2D eigenvalue weighted by atomic mass is 16.6. The highest BCUT2D eigenvalue weighted by Gasteiger charge is 2.42. The number of amides is 3. The van der Waals surface area contributed by atoms with Crippen molar-refractivity contribution in [2.75, 3.05) is 106 Å². The summed E-state index contributed by atoms with van der Waals surface area (Å²) in [6, 6.07) is 0. The molecule has 10 N–H and O–H groups in total. The van der Waals surface area contributed by atoms with Gasteiger partial charge >= 0.3 is 66.2 Å². The van der Waals surface area contributed by atoms with E-state index in [-0.39, 0.29) is 30.8 Å². The summed E-state index contributed by atoms with van der Waals surface area (Å²) < 4.78 is 20.7. The molecule has 0 rings (SSSR count). The fraction of sp³-hybridized carbons (Fsp3) is 0.906. The number of carbonyl (C=O) groups excluding carboxylic acids is 7. The largest absolute Gasteiger partial charge is 0.481 e. The second-order valence-electron chi connectivity index (χ2n) is 33.3. The fourth-order valence-corrected chi connectivity index (χ4v) is 14.3. The van der Waals surface area contributed by atoms with E-state index < -0.39 is 96.4 Å². The molecule has 0 aliphatic heterocycles. The molecule has 0 fully saturated rings. The van der Waals surface area contributed by atoms with E-state index in [1.54, 1.807) is 27.3 Å². The van der Waals surface area contributed by atoms with Crippen molar-refractivity contribution >= 4 is 89.9 Å². The predicted octanol–water partition coefficient (Wildman–Crippen LogP) is 12.3. The molecular weight excluding hydrogens is 1520 g/mol. The molecule has 119 heavy (non-hydrogen) atoms. The third-order valence-corrected chi connectivity index (χ3v) is 21.7.